The second-order valence-electron chi connectivity index (χ2n) is 3.98. The maximum absolute atomic E-state index is 11.8. The number of nitrogens with zero attached hydrogens (tertiary/aromatic N) is 1. The van der Waals surface area contributed by atoms with Crippen LogP contribution in [0.4, 0.5) is 0 Å². The summed E-state index contributed by atoms with van der Waals surface area (Å²) in [5.74, 6) is 0.106. The Balaban J connectivity index is 2.21. The largest absolute Gasteiger partial charge is 0.493 e. The molecule has 1 heterocycles. The van der Waals surface area contributed by atoms with E-state index in [1.807, 2.05) is 31.2 Å². The molecule has 1 aliphatic heterocycles. The Morgan fingerprint density at radius 2 is 2.20 bits per heavy atom. The minimum Gasteiger partial charge on any atom is -0.493 e. The molecule has 0 saturated carbocycles. The number of nitrogens with one attached hydrogen (secondary N) is 1. The van der Waals surface area contributed by atoms with Crippen molar-refractivity contribution in [1.82, 2.24) is 5.32 Å². The monoisotopic (exact) mass is 290 g/mol. The molecule has 5 nitrogen and oxygen atoms in total. The molecule has 2 amide bonds. The Kier molecular flexibility index (Phi) is 4.57. The van der Waals surface area contributed by atoms with Gasteiger partial charge in [-0.05, 0) is 30.8 Å². The number of amidine groups is 1. The van der Waals surface area contributed by atoms with Gasteiger partial charge in [0, 0.05) is 12.5 Å². The summed E-state index contributed by atoms with van der Waals surface area (Å²) in [6, 6.07) is 7.45. The van der Waals surface area contributed by atoms with Crippen molar-refractivity contribution in [2.45, 2.75) is 13.8 Å². The van der Waals surface area contributed by atoms with Crippen LogP contribution in [0.3, 0.4) is 0 Å². The van der Waals surface area contributed by atoms with Crippen LogP contribution in [0.2, 0.25) is 0 Å². The van der Waals surface area contributed by atoms with Crippen LogP contribution in [-0.2, 0) is 9.59 Å². The summed E-state index contributed by atoms with van der Waals surface area (Å²) in [6.07, 6.45) is 1.72. The molecule has 1 aromatic carbocycles. The second-order valence-corrected chi connectivity index (χ2v) is 5.02. The third-order valence-electron chi connectivity index (χ3n) is 2.41. The van der Waals surface area contributed by atoms with Gasteiger partial charge in [-0.1, -0.05) is 18.2 Å². The third kappa shape index (κ3) is 3.48. The fourth-order valence-corrected chi connectivity index (χ4v) is 2.49. The Labute approximate surface area is 121 Å². The van der Waals surface area contributed by atoms with Crippen LogP contribution in [0, 0.1) is 0 Å². The number of rotatable bonds is 3. The number of hydrogen-bond acceptors (Lipinski definition) is 4. The molecule has 0 bridgehead atoms. The van der Waals surface area contributed by atoms with E-state index < -0.39 is 0 Å². The number of amides is 2. The zero-order chi connectivity index (χ0) is 14.5. The molecule has 0 saturated heterocycles. The summed E-state index contributed by atoms with van der Waals surface area (Å²) in [5, 5.41) is 2.82. The lowest BCUT2D eigenvalue weighted by molar-refractivity contribution is -0.117. The predicted octanol–water partition coefficient (Wildman–Crippen LogP) is 2.19. The molecule has 0 radical (unpaired) electrons. The average molecular weight is 290 g/mol. The van der Waals surface area contributed by atoms with Crippen molar-refractivity contribution in [2.24, 2.45) is 4.99 Å². The smallest absolute Gasteiger partial charge is 0.286 e. The van der Waals surface area contributed by atoms with Gasteiger partial charge in [0.2, 0.25) is 5.91 Å². The van der Waals surface area contributed by atoms with Crippen LogP contribution in [0.1, 0.15) is 19.4 Å². The van der Waals surface area contributed by atoms with Crippen molar-refractivity contribution in [3.63, 3.8) is 0 Å². The first-order valence-electron chi connectivity index (χ1n) is 6.12. The van der Waals surface area contributed by atoms with Crippen molar-refractivity contribution in [3.8, 4) is 5.75 Å². The Morgan fingerprint density at radius 1 is 1.45 bits per heavy atom. The average Bonchev–Trinajstić information content (AvgIpc) is 2.71. The summed E-state index contributed by atoms with van der Waals surface area (Å²) in [5.41, 5.74) is 0.810. The van der Waals surface area contributed by atoms with Crippen molar-refractivity contribution >= 4 is 34.8 Å². The standard InChI is InChI=1S/C14H14N2O3S/c1-3-19-11-7-5-4-6-10(11)8-12-13(18)16-14(20-12)15-9(2)17/h4-8H,3H2,1-2H3,(H,15,16,17,18)/b12-8+. The lowest BCUT2D eigenvalue weighted by Crippen LogP contribution is -2.23. The van der Waals surface area contributed by atoms with Crippen molar-refractivity contribution in [1.29, 1.82) is 0 Å². The summed E-state index contributed by atoms with van der Waals surface area (Å²) in [7, 11) is 0. The normalized spacial score (nSPS) is 16.2. The highest BCUT2D eigenvalue weighted by molar-refractivity contribution is 8.18. The first kappa shape index (κ1) is 14.3. The fourth-order valence-electron chi connectivity index (χ4n) is 1.64. The minimum atomic E-state index is -0.356. The molecule has 0 spiro atoms. The van der Waals surface area contributed by atoms with Crippen molar-refractivity contribution < 1.29 is 14.3 Å². The zero-order valence-corrected chi connectivity index (χ0v) is 12.0. The summed E-state index contributed by atoms with van der Waals surface area (Å²) in [4.78, 5) is 27.0. The fraction of sp³-hybridized carbons (Fsp3) is 0.214. The van der Waals surface area contributed by atoms with E-state index in [-0.39, 0.29) is 11.8 Å². The molecule has 1 N–H and O–H groups in total. The van der Waals surface area contributed by atoms with Gasteiger partial charge in [0.05, 0.1) is 11.5 Å². The third-order valence-corrected chi connectivity index (χ3v) is 3.31. The number of benzene rings is 1. The molecule has 0 unspecified atom stereocenters. The van der Waals surface area contributed by atoms with Crippen LogP contribution in [0.25, 0.3) is 6.08 Å². The van der Waals surface area contributed by atoms with Crippen molar-refractivity contribution in [3.05, 3.63) is 34.7 Å². The Hall–Kier alpha value is -2.08. The molecule has 0 aromatic heterocycles. The quantitative estimate of drug-likeness (QED) is 0.866. The number of carbonyl (C=O) groups is 2. The zero-order valence-electron chi connectivity index (χ0n) is 11.2. The highest BCUT2D eigenvalue weighted by Gasteiger charge is 2.22. The molecule has 6 heteroatoms. The van der Waals surface area contributed by atoms with E-state index >= 15 is 0 Å². The first-order valence-corrected chi connectivity index (χ1v) is 6.93. The van der Waals surface area contributed by atoms with Gasteiger partial charge in [-0.25, -0.2) is 0 Å². The first-order chi connectivity index (χ1) is 9.60. The maximum Gasteiger partial charge on any atom is 0.286 e. The molecule has 20 heavy (non-hydrogen) atoms. The topological polar surface area (TPSA) is 67.8 Å². The number of ether oxygens (including phenoxy) is 1. The molecule has 0 fully saturated rings. The maximum atomic E-state index is 11.8. The van der Waals surface area contributed by atoms with E-state index in [1.54, 1.807) is 6.08 Å². The van der Waals surface area contributed by atoms with Gasteiger partial charge in [-0.2, -0.15) is 4.99 Å². The van der Waals surface area contributed by atoms with Gasteiger partial charge in [0.1, 0.15) is 5.75 Å². The molecular weight excluding hydrogens is 276 g/mol. The van der Waals surface area contributed by atoms with E-state index in [4.69, 9.17) is 4.74 Å². The number of aliphatic imine (C=N–C) groups is 1. The lowest BCUT2D eigenvalue weighted by Gasteiger charge is -2.06. The van der Waals surface area contributed by atoms with Crippen LogP contribution in [-0.4, -0.2) is 23.6 Å². The Morgan fingerprint density at radius 3 is 2.90 bits per heavy atom. The van der Waals surface area contributed by atoms with E-state index in [9.17, 15) is 9.59 Å². The molecule has 104 valence electrons. The van der Waals surface area contributed by atoms with E-state index in [0.29, 0.717) is 22.4 Å². The predicted molar refractivity (Wildman–Crippen MR) is 79.4 cm³/mol. The number of hydrogen-bond donors (Lipinski definition) is 1. The molecule has 1 aromatic rings. The van der Waals surface area contributed by atoms with Gasteiger partial charge >= 0.3 is 0 Å². The number of carbonyl (C=O) groups excluding carboxylic acids is 2. The van der Waals surface area contributed by atoms with E-state index in [1.165, 1.54) is 6.92 Å². The van der Waals surface area contributed by atoms with Crippen LogP contribution in [0.5, 0.6) is 5.75 Å². The Bertz CT molecular complexity index is 608. The van der Waals surface area contributed by atoms with Gasteiger partial charge < -0.3 is 10.1 Å². The van der Waals surface area contributed by atoms with Crippen molar-refractivity contribution in [2.75, 3.05) is 6.61 Å². The number of para-hydroxylation sites is 1. The summed E-state index contributed by atoms with van der Waals surface area (Å²) in [6.45, 7) is 3.83. The lowest BCUT2D eigenvalue weighted by atomic mass is 10.2. The van der Waals surface area contributed by atoms with Gasteiger partial charge in [0.15, 0.2) is 5.17 Å². The van der Waals surface area contributed by atoms with Gasteiger partial charge in [-0.3, -0.25) is 9.59 Å². The minimum absolute atomic E-state index is 0.250. The van der Waals surface area contributed by atoms with E-state index in [0.717, 1.165) is 17.3 Å². The van der Waals surface area contributed by atoms with Crippen LogP contribution < -0.4 is 10.1 Å². The molecule has 0 atom stereocenters. The van der Waals surface area contributed by atoms with Gasteiger partial charge in [-0.15, -0.1) is 0 Å². The SMILES string of the molecule is CCOc1ccccc1/C=C1/SC(NC(C)=O)=NC1=O. The summed E-state index contributed by atoms with van der Waals surface area (Å²) >= 11 is 1.14. The van der Waals surface area contributed by atoms with Gasteiger partial charge in [0.25, 0.3) is 5.91 Å². The molecular formula is C14H14N2O3S. The highest BCUT2D eigenvalue weighted by Crippen LogP contribution is 2.30. The van der Waals surface area contributed by atoms with E-state index in [2.05, 4.69) is 10.3 Å². The second kappa shape index (κ2) is 6.38. The molecule has 1 aliphatic rings. The van der Waals surface area contributed by atoms with Crippen LogP contribution in [0.15, 0.2) is 34.2 Å². The molecule has 0 aliphatic carbocycles. The summed E-state index contributed by atoms with van der Waals surface area (Å²) < 4.78 is 5.50. The molecule has 2 rings (SSSR count). The van der Waals surface area contributed by atoms with Crippen LogP contribution >= 0.6 is 11.8 Å². The number of thioether (sulfide) groups is 1. The highest BCUT2D eigenvalue weighted by atomic mass is 32.2.